The first-order valence-electron chi connectivity index (χ1n) is 10.2. The van der Waals surface area contributed by atoms with Crippen LogP contribution < -0.4 is 26.6 Å². The van der Waals surface area contributed by atoms with Crippen LogP contribution in [-0.2, 0) is 0 Å². The van der Waals surface area contributed by atoms with E-state index in [2.05, 4.69) is 19.9 Å². The van der Waals surface area contributed by atoms with Crippen LogP contribution in [-0.4, -0.2) is 64.1 Å². The average molecular weight is 433 g/mol. The summed E-state index contributed by atoms with van der Waals surface area (Å²) in [4.78, 5) is 50.2. The highest BCUT2D eigenvalue weighted by atomic mass is 16.6. The van der Waals surface area contributed by atoms with Gasteiger partial charge < -0.3 is 24.5 Å². The van der Waals surface area contributed by atoms with Crippen molar-refractivity contribution in [3.63, 3.8) is 0 Å². The second-order valence-corrected chi connectivity index (χ2v) is 7.51. The van der Waals surface area contributed by atoms with Crippen molar-refractivity contribution >= 4 is 18.2 Å². The lowest BCUT2D eigenvalue weighted by molar-refractivity contribution is 0.120. The van der Waals surface area contributed by atoms with Crippen LogP contribution in [0.1, 0.15) is 11.3 Å². The number of nitrogens with zero attached hydrogens (tertiary/aromatic N) is 3. The number of H-pyrrole nitrogens is 2. The van der Waals surface area contributed by atoms with Crippen LogP contribution in [0.25, 0.3) is 12.2 Å². The van der Waals surface area contributed by atoms with Gasteiger partial charge in [-0.1, -0.05) is 30.3 Å². The van der Waals surface area contributed by atoms with Crippen LogP contribution in [0.15, 0.2) is 58.3 Å². The predicted octanol–water partition coefficient (Wildman–Crippen LogP) is -0.138. The number of piperazine rings is 1. The molecule has 1 aromatic carbocycles. The number of rotatable bonds is 3. The summed E-state index contributed by atoms with van der Waals surface area (Å²) in [7, 11) is 2.01. The molecular formula is C23H23N5O4. The number of hydrogen-bond acceptors (Lipinski definition) is 6. The molecule has 1 saturated heterocycles. The first-order valence-corrected chi connectivity index (χ1v) is 10.2. The number of pyridine rings is 1. The zero-order chi connectivity index (χ0) is 22.5. The molecule has 1 aliphatic rings. The molecule has 3 aromatic rings. The van der Waals surface area contributed by atoms with Crippen molar-refractivity contribution in [2.45, 2.75) is 0 Å². The lowest BCUT2D eigenvalue weighted by Crippen LogP contribution is -2.48. The van der Waals surface area contributed by atoms with Crippen LogP contribution >= 0.6 is 0 Å². The highest BCUT2D eigenvalue weighted by Crippen LogP contribution is 2.12. The van der Waals surface area contributed by atoms with E-state index in [1.54, 1.807) is 23.1 Å². The van der Waals surface area contributed by atoms with Gasteiger partial charge in [-0.25, -0.2) is 4.79 Å². The minimum absolute atomic E-state index is 0.0786. The number of amides is 1. The third-order valence-corrected chi connectivity index (χ3v) is 5.11. The van der Waals surface area contributed by atoms with Crippen LogP contribution in [0.2, 0.25) is 0 Å². The molecule has 0 aliphatic carbocycles. The molecule has 0 unspecified atom stereocenters. The SMILES string of the molecule is CN1CCN(C(=O)Oc2ccc(/C=c3\[nH]c(=O)/c(=C/c4ccccc4)[nH]c3=O)nc2)CC1. The number of aromatic amines is 2. The molecule has 0 saturated carbocycles. The summed E-state index contributed by atoms with van der Waals surface area (Å²) in [6, 6.07) is 12.4. The number of ether oxygens (including phenoxy) is 1. The standard InChI is InChI=1S/C23H23N5O4/c1-27-9-11-28(12-10-27)23(31)32-18-8-7-17(24-15-18)14-20-22(30)25-19(21(29)26-20)13-16-5-3-2-4-6-16/h2-8,13-15H,9-12H2,1H3,(H,25,30)(H,26,29)/b19-13-,20-14-. The Labute approximate surface area is 183 Å². The summed E-state index contributed by atoms with van der Waals surface area (Å²) >= 11 is 0. The third kappa shape index (κ3) is 5.19. The molecule has 0 radical (unpaired) electrons. The summed E-state index contributed by atoms with van der Waals surface area (Å²) in [5, 5.41) is 0.243. The summed E-state index contributed by atoms with van der Waals surface area (Å²) < 4.78 is 5.37. The Hall–Kier alpha value is -3.98. The van der Waals surface area contributed by atoms with Crippen LogP contribution in [0, 0.1) is 0 Å². The fourth-order valence-electron chi connectivity index (χ4n) is 3.25. The number of hydrogen-bond donors (Lipinski definition) is 2. The molecule has 2 aromatic heterocycles. The highest BCUT2D eigenvalue weighted by molar-refractivity contribution is 5.70. The molecule has 0 spiro atoms. The van der Waals surface area contributed by atoms with Crippen molar-refractivity contribution in [3.8, 4) is 5.75 Å². The number of aromatic nitrogens is 3. The number of carbonyl (C=O) groups is 1. The molecule has 2 N–H and O–H groups in total. The second-order valence-electron chi connectivity index (χ2n) is 7.51. The Morgan fingerprint density at radius 3 is 2.22 bits per heavy atom. The smallest absolute Gasteiger partial charge is 0.409 e. The highest BCUT2D eigenvalue weighted by Gasteiger charge is 2.20. The molecule has 4 rings (SSSR count). The minimum atomic E-state index is -0.445. The first kappa shape index (κ1) is 21.3. The molecule has 164 valence electrons. The van der Waals surface area contributed by atoms with E-state index in [0.717, 1.165) is 18.7 Å². The van der Waals surface area contributed by atoms with Gasteiger partial charge in [-0.05, 0) is 36.9 Å². The number of carbonyl (C=O) groups excluding carboxylic acids is 1. The van der Waals surface area contributed by atoms with E-state index in [9.17, 15) is 14.4 Å². The molecule has 9 nitrogen and oxygen atoms in total. The van der Waals surface area contributed by atoms with Gasteiger partial charge in [-0.2, -0.15) is 0 Å². The normalized spacial score (nSPS) is 15.7. The van der Waals surface area contributed by atoms with Gasteiger partial charge in [-0.15, -0.1) is 0 Å². The Balaban J connectivity index is 1.51. The van der Waals surface area contributed by atoms with Crippen LogP contribution in [0.3, 0.4) is 0 Å². The van der Waals surface area contributed by atoms with Gasteiger partial charge in [0.2, 0.25) is 0 Å². The molecule has 0 bridgehead atoms. The Kier molecular flexibility index (Phi) is 6.27. The summed E-state index contributed by atoms with van der Waals surface area (Å²) in [6.45, 7) is 2.83. The topological polar surface area (TPSA) is 111 Å². The summed E-state index contributed by atoms with van der Waals surface area (Å²) in [5.41, 5.74) is 0.371. The van der Waals surface area contributed by atoms with Crippen LogP contribution in [0.4, 0.5) is 4.79 Å². The molecule has 0 atom stereocenters. The van der Waals surface area contributed by atoms with E-state index in [0.29, 0.717) is 24.5 Å². The van der Waals surface area contributed by atoms with E-state index in [1.165, 1.54) is 12.3 Å². The fraction of sp³-hybridized carbons (Fsp3) is 0.217. The van der Waals surface area contributed by atoms with Gasteiger partial charge in [0, 0.05) is 26.2 Å². The summed E-state index contributed by atoms with van der Waals surface area (Å²) in [6.07, 6.45) is 4.05. The number of nitrogens with one attached hydrogen (secondary N) is 2. The van der Waals surface area contributed by atoms with Crippen LogP contribution in [0.5, 0.6) is 5.75 Å². The monoisotopic (exact) mass is 433 g/mol. The van der Waals surface area contributed by atoms with Gasteiger partial charge >= 0.3 is 6.09 Å². The zero-order valence-corrected chi connectivity index (χ0v) is 17.6. The predicted molar refractivity (Wildman–Crippen MR) is 120 cm³/mol. The lowest BCUT2D eigenvalue weighted by Gasteiger charge is -2.31. The van der Waals surface area contributed by atoms with Gasteiger partial charge in [0.25, 0.3) is 11.1 Å². The number of benzene rings is 1. The maximum absolute atomic E-state index is 12.4. The van der Waals surface area contributed by atoms with E-state index in [4.69, 9.17) is 4.74 Å². The van der Waals surface area contributed by atoms with E-state index in [-0.39, 0.29) is 10.7 Å². The largest absolute Gasteiger partial charge is 0.415 e. The van der Waals surface area contributed by atoms with E-state index < -0.39 is 17.2 Å². The molecule has 32 heavy (non-hydrogen) atoms. The van der Waals surface area contributed by atoms with Gasteiger partial charge in [-0.3, -0.25) is 14.6 Å². The van der Waals surface area contributed by atoms with Crippen molar-refractivity contribution in [1.82, 2.24) is 24.8 Å². The molecule has 1 aliphatic heterocycles. The second kappa shape index (κ2) is 9.44. The maximum Gasteiger partial charge on any atom is 0.415 e. The first-order chi connectivity index (χ1) is 15.5. The van der Waals surface area contributed by atoms with E-state index in [1.807, 2.05) is 37.4 Å². The molecular weight excluding hydrogens is 410 g/mol. The van der Waals surface area contributed by atoms with Gasteiger partial charge in [0.05, 0.1) is 11.9 Å². The number of likely N-dealkylation sites (N-methyl/N-ethyl adjacent to an activating group) is 1. The quantitative estimate of drug-likeness (QED) is 0.595. The van der Waals surface area contributed by atoms with Crippen molar-refractivity contribution < 1.29 is 9.53 Å². The average Bonchev–Trinajstić information content (AvgIpc) is 2.79. The summed E-state index contributed by atoms with van der Waals surface area (Å²) in [5.74, 6) is 0.307. The molecule has 1 fully saturated rings. The van der Waals surface area contributed by atoms with Gasteiger partial charge in [0.15, 0.2) is 5.75 Å². The van der Waals surface area contributed by atoms with Crippen molar-refractivity contribution in [1.29, 1.82) is 0 Å². The Morgan fingerprint density at radius 2 is 1.59 bits per heavy atom. The zero-order valence-electron chi connectivity index (χ0n) is 17.6. The maximum atomic E-state index is 12.4. The van der Waals surface area contributed by atoms with Crippen molar-refractivity contribution in [2.75, 3.05) is 33.2 Å². The molecule has 3 heterocycles. The molecule has 9 heteroatoms. The minimum Gasteiger partial charge on any atom is -0.409 e. The fourth-order valence-corrected chi connectivity index (χ4v) is 3.25. The van der Waals surface area contributed by atoms with Crippen molar-refractivity contribution in [2.24, 2.45) is 0 Å². The van der Waals surface area contributed by atoms with Crippen molar-refractivity contribution in [3.05, 3.63) is 91.3 Å². The molecule has 1 amide bonds. The van der Waals surface area contributed by atoms with Gasteiger partial charge in [0.1, 0.15) is 10.7 Å². The Morgan fingerprint density at radius 1 is 0.938 bits per heavy atom. The third-order valence-electron chi connectivity index (χ3n) is 5.11. The van der Waals surface area contributed by atoms with E-state index >= 15 is 0 Å². The Bertz CT molecular complexity index is 1320. The lowest BCUT2D eigenvalue weighted by atomic mass is 10.2.